The highest BCUT2D eigenvalue weighted by molar-refractivity contribution is 7.90. The lowest BCUT2D eigenvalue weighted by Gasteiger charge is -2.11. The second kappa shape index (κ2) is 4.56. The van der Waals surface area contributed by atoms with Gasteiger partial charge in [-0.05, 0) is 31.2 Å². The summed E-state index contributed by atoms with van der Waals surface area (Å²) in [4.78, 5) is 5.26. The number of hydrogen-bond acceptors (Lipinski definition) is 3. The second-order valence-electron chi connectivity index (χ2n) is 5.49. The van der Waals surface area contributed by atoms with Crippen LogP contribution in [-0.4, -0.2) is 44.7 Å². The fourth-order valence-corrected chi connectivity index (χ4v) is 3.55. The SMILES string of the molecule is CN1CCc2[nH]c3cc(S(C)(=O)=O)c(F)cc3c2CC1. The predicted octanol–water partition coefficient (Wildman–Crippen LogP) is 1.74. The Bertz CT molecular complexity index is 780. The number of likely N-dealkylation sites (N-methyl/N-ethyl adjacent to an activating group) is 1. The molecule has 0 atom stereocenters. The standard InChI is InChI=1S/C14H17FN2O2S/c1-17-5-3-9-10-7-11(15)14(20(2,18)19)8-13(10)16-12(9)4-6-17/h7-8,16H,3-6H2,1-2H3. The van der Waals surface area contributed by atoms with E-state index in [2.05, 4.69) is 16.9 Å². The number of halogens is 1. The van der Waals surface area contributed by atoms with Crippen molar-refractivity contribution in [2.24, 2.45) is 0 Å². The van der Waals surface area contributed by atoms with Crippen LogP contribution in [0.4, 0.5) is 4.39 Å². The van der Waals surface area contributed by atoms with Gasteiger partial charge in [0, 0.05) is 42.4 Å². The van der Waals surface area contributed by atoms with Crippen molar-refractivity contribution in [3.63, 3.8) is 0 Å². The Balaban J connectivity index is 2.21. The molecule has 1 aliphatic rings. The number of nitrogens with one attached hydrogen (secondary N) is 1. The summed E-state index contributed by atoms with van der Waals surface area (Å²) in [6.07, 6.45) is 2.75. The molecular formula is C14H17FN2O2S. The maximum Gasteiger partial charge on any atom is 0.178 e. The van der Waals surface area contributed by atoms with Crippen molar-refractivity contribution in [3.8, 4) is 0 Å². The number of aromatic amines is 1. The zero-order valence-corrected chi connectivity index (χ0v) is 12.3. The quantitative estimate of drug-likeness (QED) is 0.872. The van der Waals surface area contributed by atoms with Crippen molar-refractivity contribution < 1.29 is 12.8 Å². The highest BCUT2D eigenvalue weighted by atomic mass is 32.2. The molecule has 0 spiro atoms. The lowest BCUT2D eigenvalue weighted by molar-refractivity contribution is 0.352. The van der Waals surface area contributed by atoms with Crippen molar-refractivity contribution in [1.29, 1.82) is 0 Å². The topological polar surface area (TPSA) is 53.2 Å². The summed E-state index contributed by atoms with van der Waals surface area (Å²) in [5, 5.41) is 0.806. The average Bonchev–Trinajstić information content (AvgIpc) is 2.57. The normalized spacial score (nSPS) is 17.1. The second-order valence-corrected chi connectivity index (χ2v) is 7.47. The molecule has 0 fully saturated rings. The van der Waals surface area contributed by atoms with Gasteiger partial charge in [-0.25, -0.2) is 12.8 Å². The highest BCUT2D eigenvalue weighted by Gasteiger charge is 2.20. The lowest BCUT2D eigenvalue weighted by Crippen LogP contribution is -2.21. The van der Waals surface area contributed by atoms with Gasteiger partial charge < -0.3 is 9.88 Å². The van der Waals surface area contributed by atoms with E-state index in [-0.39, 0.29) is 4.90 Å². The van der Waals surface area contributed by atoms with E-state index in [0.29, 0.717) is 5.52 Å². The van der Waals surface area contributed by atoms with Crippen LogP contribution in [0.5, 0.6) is 0 Å². The zero-order chi connectivity index (χ0) is 14.5. The molecule has 0 amide bonds. The number of aromatic nitrogens is 1. The molecule has 1 aliphatic heterocycles. The number of fused-ring (bicyclic) bond motifs is 3. The van der Waals surface area contributed by atoms with E-state index in [1.807, 2.05) is 0 Å². The van der Waals surface area contributed by atoms with Crippen molar-refractivity contribution in [2.75, 3.05) is 26.4 Å². The third-order valence-electron chi connectivity index (χ3n) is 3.93. The Morgan fingerprint density at radius 1 is 1.25 bits per heavy atom. The van der Waals surface area contributed by atoms with E-state index in [4.69, 9.17) is 0 Å². The molecule has 1 aromatic heterocycles. The molecule has 3 rings (SSSR count). The Kier molecular flexibility index (Phi) is 3.10. The number of rotatable bonds is 1. The van der Waals surface area contributed by atoms with Crippen molar-refractivity contribution >= 4 is 20.7 Å². The van der Waals surface area contributed by atoms with Crippen molar-refractivity contribution in [1.82, 2.24) is 9.88 Å². The summed E-state index contributed by atoms with van der Waals surface area (Å²) in [6, 6.07) is 2.77. The van der Waals surface area contributed by atoms with Crippen molar-refractivity contribution in [3.05, 3.63) is 29.2 Å². The first kappa shape index (κ1) is 13.6. The van der Waals surface area contributed by atoms with Gasteiger partial charge in [0.15, 0.2) is 9.84 Å². The molecule has 1 aromatic carbocycles. The van der Waals surface area contributed by atoms with Gasteiger partial charge in [-0.2, -0.15) is 0 Å². The number of nitrogens with zero attached hydrogens (tertiary/aromatic N) is 1. The summed E-state index contributed by atoms with van der Waals surface area (Å²) in [6.45, 7) is 1.87. The van der Waals surface area contributed by atoms with Gasteiger partial charge in [0.25, 0.3) is 0 Å². The van der Waals surface area contributed by atoms with Gasteiger partial charge in [0.1, 0.15) is 10.7 Å². The molecule has 0 unspecified atom stereocenters. The molecule has 1 N–H and O–H groups in total. The Labute approximate surface area is 117 Å². The van der Waals surface area contributed by atoms with Crippen LogP contribution in [0, 0.1) is 5.82 Å². The molecular weight excluding hydrogens is 279 g/mol. The first-order valence-electron chi connectivity index (χ1n) is 6.58. The molecule has 0 aliphatic carbocycles. The van der Waals surface area contributed by atoms with E-state index in [9.17, 15) is 12.8 Å². The maximum absolute atomic E-state index is 14.0. The minimum atomic E-state index is -3.55. The summed E-state index contributed by atoms with van der Waals surface area (Å²) in [5.41, 5.74) is 2.92. The van der Waals surface area contributed by atoms with E-state index in [1.165, 1.54) is 12.1 Å². The molecule has 108 valence electrons. The highest BCUT2D eigenvalue weighted by Crippen LogP contribution is 2.29. The predicted molar refractivity (Wildman–Crippen MR) is 76.3 cm³/mol. The Morgan fingerprint density at radius 3 is 2.65 bits per heavy atom. The van der Waals surface area contributed by atoms with Crippen LogP contribution in [0.2, 0.25) is 0 Å². The Hall–Kier alpha value is -1.40. The molecule has 2 aromatic rings. The first-order chi connectivity index (χ1) is 9.36. The monoisotopic (exact) mass is 296 g/mol. The van der Waals surface area contributed by atoms with Crippen LogP contribution >= 0.6 is 0 Å². The van der Waals surface area contributed by atoms with E-state index in [0.717, 1.165) is 48.8 Å². The molecule has 0 saturated carbocycles. The van der Waals surface area contributed by atoms with E-state index in [1.54, 1.807) is 0 Å². The third kappa shape index (κ3) is 2.23. The van der Waals surface area contributed by atoms with E-state index >= 15 is 0 Å². The summed E-state index contributed by atoms with van der Waals surface area (Å²) in [7, 11) is -1.48. The summed E-state index contributed by atoms with van der Waals surface area (Å²) < 4.78 is 37.2. The van der Waals surface area contributed by atoms with Crippen molar-refractivity contribution in [2.45, 2.75) is 17.7 Å². The van der Waals surface area contributed by atoms with Crippen LogP contribution in [0.15, 0.2) is 17.0 Å². The summed E-state index contributed by atoms with van der Waals surface area (Å²) >= 11 is 0. The minimum absolute atomic E-state index is 0.237. The maximum atomic E-state index is 14.0. The fourth-order valence-electron chi connectivity index (χ4n) is 2.81. The van der Waals surface area contributed by atoms with Crippen LogP contribution in [-0.2, 0) is 22.7 Å². The number of benzene rings is 1. The number of H-pyrrole nitrogens is 1. The zero-order valence-electron chi connectivity index (χ0n) is 11.5. The minimum Gasteiger partial charge on any atom is -0.358 e. The number of hydrogen-bond donors (Lipinski definition) is 1. The smallest absolute Gasteiger partial charge is 0.178 e. The third-order valence-corrected chi connectivity index (χ3v) is 5.05. The Morgan fingerprint density at radius 2 is 1.95 bits per heavy atom. The molecule has 6 heteroatoms. The van der Waals surface area contributed by atoms with Gasteiger partial charge in [-0.1, -0.05) is 0 Å². The fraction of sp³-hybridized carbons (Fsp3) is 0.429. The molecule has 0 radical (unpaired) electrons. The average molecular weight is 296 g/mol. The first-order valence-corrected chi connectivity index (χ1v) is 8.47. The molecule has 2 heterocycles. The largest absolute Gasteiger partial charge is 0.358 e. The molecule has 0 saturated heterocycles. The molecule has 20 heavy (non-hydrogen) atoms. The number of sulfone groups is 1. The van der Waals surface area contributed by atoms with Crippen LogP contribution in [0.1, 0.15) is 11.3 Å². The van der Waals surface area contributed by atoms with Gasteiger partial charge in [0.05, 0.1) is 0 Å². The molecule has 0 bridgehead atoms. The van der Waals surface area contributed by atoms with Crippen LogP contribution in [0.3, 0.4) is 0 Å². The molecule has 4 nitrogen and oxygen atoms in total. The van der Waals surface area contributed by atoms with E-state index < -0.39 is 15.7 Å². The van der Waals surface area contributed by atoms with Crippen LogP contribution < -0.4 is 0 Å². The summed E-state index contributed by atoms with van der Waals surface area (Å²) in [5.74, 6) is -0.667. The van der Waals surface area contributed by atoms with Gasteiger partial charge in [0.2, 0.25) is 0 Å². The van der Waals surface area contributed by atoms with Crippen LogP contribution in [0.25, 0.3) is 10.9 Å². The van der Waals surface area contributed by atoms with Gasteiger partial charge in [-0.15, -0.1) is 0 Å². The van der Waals surface area contributed by atoms with Gasteiger partial charge >= 0.3 is 0 Å². The lowest BCUT2D eigenvalue weighted by atomic mass is 10.1. The van der Waals surface area contributed by atoms with Gasteiger partial charge in [-0.3, -0.25) is 0 Å².